The van der Waals surface area contributed by atoms with Crippen molar-refractivity contribution in [3.8, 4) is 0 Å². The van der Waals surface area contributed by atoms with Gasteiger partial charge >= 0.3 is 0 Å². The summed E-state index contributed by atoms with van der Waals surface area (Å²) in [7, 11) is -1.16. The van der Waals surface area contributed by atoms with Crippen molar-refractivity contribution < 1.29 is 13.5 Å². The molecule has 0 saturated heterocycles. The van der Waals surface area contributed by atoms with E-state index in [0.29, 0.717) is 6.54 Å². The van der Waals surface area contributed by atoms with Crippen LogP contribution in [0, 0.1) is 0 Å². The molecule has 0 aliphatic rings. The van der Waals surface area contributed by atoms with E-state index in [0.717, 1.165) is 0 Å². The van der Waals surface area contributed by atoms with Crippen molar-refractivity contribution in [3.63, 3.8) is 0 Å². The summed E-state index contributed by atoms with van der Waals surface area (Å²) in [6.07, 6.45) is 0. The molecule has 0 atom stereocenters. The third-order valence-electron chi connectivity index (χ3n) is 2.85. The second-order valence-electron chi connectivity index (χ2n) is 4.81. The Hall–Kier alpha value is -0.130. The highest BCUT2D eigenvalue weighted by molar-refractivity contribution is 7.92. The van der Waals surface area contributed by atoms with Gasteiger partial charge in [-0.2, -0.15) is 0 Å². The van der Waals surface area contributed by atoms with Gasteiger partial charge in [-0.15, -0.1) is 0 Å². The molecule has 0 unspecified atom stereocenters. The van der Waals surface area contributed by atoms with Crippen LogP contribution in [0.1, 0.15) is 27.7 Å². The molecule has 0 spiro atoms. The summed E-state index contributed by atoms with van der Waals surface area (Å²) in [5.41, 5.74) is -0.369. The zero-order valence-corrected chi connectivity index (χ0v) is 11.1. The number of aliphatic hydroxyl groups excluding tert-OH is 1. The lowest BCUT2D eigenvalue weighted by Crippen LogP contribution is -2.46. The Morgan fingerprint density at radius 3 is 2.13 bits per heavy atom. The Kier molecular flexibility index (Phi) is 5.23. The Labute approximate surface area is 93.2 Å². The highest BCUT2D eigenvalue weighted by Gasteiger charge is 2.24. The lowest BCUT2D eigenvalue weighted by molar-refractivity contribution is 0.0841. The van der Waals surface area contributed by atoms with Crippen LogP contribution in [0.4, 0.5) is 0 Å². The fraction of sp³-hybridized carbons (Fsp3) is 1.00. The molecule has 0 aliphatic heterocycles. The first-order valence-electron chi connectivity index (χ1n) is 5.17. The van der Waals surface area contributed by atoms with Crippen molar-refractivity contribution in [1.82, 2.24) is 4.90 Å². The van der Waals surface area contributed by atoms with Gasteiger partial charge in [-0.1, -0.05) is 0 Å². The van der Waals surface area contributed by atoms with E-state index in [1.807, 2.05) is 25.8 Å². The summed E-state index contributed by atoms with van der Waals surface area (Å²) >= 11 is 0. The Balaban J connectivity index is 4.30. The lowest BCUT2D eigenvalue weighted by atomic mass is 10.1. The van der Waals surface area contributed by atoms with Gasteiger partial charge in [0.25, 0.3) is 0 Å². The highest BCUT2D eigenvalue weighted by Crippen LogP contribution is 2.11. The fourth-order valence-electron chi connectivity index (χ4n) is 0.923. The van der Waals surface area contributed by atoms with Crippen LogP contribution in [0.15, 0.2) is 0 Å². The largest absolute Gasteiger partial charge is 0.394 e. The van der Waals surface area contributed by atoms with Gasteiger partial charge in [0.05, 0.1) is 17.6 Å². The van der Waals surface area contributed by atoms with E-state index >= 15 is 0 Å². The molecular formula is C10H23NO3S. The van der Waals surface area contributed by atoms with Crippen LogP contribution in [0.2, 0.25) is 0 Å². The summed E-state index contributed by atoms with van der Waals surface area (Å²) in [6, 6.07) is 0. The average Bonchev–Trinajstić information content (AvgIpc) is 2.13. The molecule has 5 heteroatoms. The van der Waals surface area contributed by atoms with E-state index in [9.17, 15) is 8.42 Å². The minimum Gasteiger partial charge on any atom is -0.394 e. The van der Waals surface area contributed by atoms with E-state index < -0.39 is 9.84 Å². The molecular weight excluding hydrogens is 214 g/mol. The third-order valence-corrected chi connectivity index (χ3v) is 5.04. The molecule has 15 heavy (non-hydrogen) atoms. The van der Waals surface area contributed by atoms with Crippen LogP contribution < -0.4 is 0 Å². The quantitative estimate of drug-likeness (QED) is 0.731. The van der Waals surface area contributed by atoms with Crippen molar-refractivity contribution in [3.05, 3.63) is 0 Å². The van der Waals surface area contributed by atoms with Gasteiger partial charge < -0.3 is 5.11 Å². The van der Waals surface area contributed by atoms with Crippen molar-refractivity contribution in [2.75, 3.05) is 26.0 Å². The standard InChI is InChI=1S/C10H23NO3S/c1-9(2)15(13,14)7-6-11(5)10(3,4)8-12/h9,12H,6-8H2,1-5H3. The summed E-state index contributed by atoms with van der Waals surface area (Å²) in [4.78, 5) is 1.87. The molecule has 0 aliphatic carbocycles. The minimum atomic E-state index is -2.99. The average molecular weight is 237 g/mol. The minimum absolute atomic E-state index is 0.0191. The molecule has 1 N–H and O–H groups in total. The van der Waals surface area contributed by atoms with E-state index in [1.54, 1.807) is 13.8 Å². The second-order valence-corrected chi connectivity index (χ2v) is 7.48. The Morgan fingerprint density at radius 2 is 1.80 bits per heavy atom. The predicted molar refractivity (Wildman–Crippen MR) is 62.7 cm³/mol. The molecule has 4 nitrogen and oxygen atoms in total. The second kappa shape index (κ2) is 5.27. The van der Waals surface area contributed by atoms with Gasteiger partial charge in [-0.3, -0.25) is 4.90 Å². The third kappa shape index (κ3) is 4.49. The lowest BCUT2D eigenvalue weighted by Gasteiger charge is -2.33. The van der Waals surface area contributed by atoms with Gasteiger partial charge in [0.1, 0.15) is 0 Å². The molecule has 0 aromatic carbocycles. The topological polar surface area (TPSA) is 57.6 Å². The molecule has 0 aromatic heterocycles. The maximum atomic E-state index is 11.6. The number of aliphatic hydroxyl groups is 1. The smallest absolute Gasteiger partial charge is 0.153 e. The molecule has 0 radical (unpaired) electrons. The van der Waals surface area contributed by atoms with Crippen molar-refractivity contribution in [1.29, 1.82) is 0 Å². The van der Waals surface area contributed by atoms with Crippen LogP contribution in [0.5, 0.6) is 0 Å². The number of likely N-dealkylation sites (N-methyl/N-ethyl adjacent to an activating group) is 1. The first-order valence-corrected chi connectivity index (χ1v) is 6.88. The first kappa shape index (κ1) is 14.9. The van der Waals surface area contributed by atoms with Crippen LogP contribution in [0.25, 0.3) is 0 Å². The Bertz CT molecular complexity index is 283. The van der Waals surface area contributed by atoms with Crippen LogP contribution in [0.3, 0.4) is 0 Å². The molecule has 0 saturated carbocycles. The predicted octanol–water partition coefficient (Wildman–Crippen LogP) is 0.512. The van der Waals surface area contributed by atoms with Gasteiger partial charge in [0.15, 0.2) is 9.84 Å². The SMILES string of the molecule is CC(C)S(=O)(=O)CCN(C)C(C)(C)CO. The van der Waals surface area contributed by atoms with E-state index in [2.05, 4.69) is 0 Å². The number of nitrogens with zero attached hydrogens (tertiary/aromatic N) is 1. The zero-order valence-electron chi connectivity index (χ0n) is 10.3. The van der Waals surface area contributed by atoms with E-state index in [4.69, 9.17) is 5.11 Å². The van der Waals surface area contributed by atoms with E-state index in [-0.39, 0.29) is 23.1 Å². The summed E-state index contributed by atoms with van der Waals surface area (Å²) in [5.74, 6) is 0.143. The highest BCUT2D eigenvalue weighted by atomic mass is 32.2. The van der Waals surface area contributed by atoms with Crippen LogP contribution in [-0.2, 0) is 9.84 Å². The maximum Gasteiger partial charge on any atom is 0.153 e. The molecule has 0 amide bonds. The van der Waals surface area contributed by atoms with Gasteiger partial charge in [-0.05, 0) is 34.7 Å². The number of rotatable bonds is 6. The number of sulfone groups is 1. The molecule has 92 valence electrons. The molecule has 0 fully saturated rings. The summed E-state index contributed by atoms with van der Waals surface area (Å²) in [6.45, 7) is 7.61. The van der Waals surface area contributed by atoms with Gasteiger partial charge in [-0.25, -0.2) is 8.42 Å². The number of hydrogen-bond donors (Lipinski definition) is 1. The van der Waals surface area contributed by atoms with Crippen molar-refractivity contribution in [2.24, 2.45) is 0 Å². The van der Waals surface area contributed by atoms with Gasteiger partial charge in [0, 0.05) is 12.1 Å². The molecule has 0 aromatic rings. The monoisotopic (exact) mass is 237 g/mol. The fourth-order valence-corrected chi connectivity index (χ4v) is 1.92. The Morgan fingerprint density at radius 1 is 1.33 bits per heavy atom. The first-order chi connectivity index (χ1) is 6.63. The number of hydrogen-bond acceptors (Lipinski definition) is 4. The molecule has 0 rings (SSSR count). The van der Waals surface area contributed by atoms with Crippen LogP contribution in [-0.4, -0.2) is 55.2 Å². The van der Waals surface area contributed by atoms with Crippen LogP contribution >= 0.6 is 0 Å². The zero-order chi connectivity index (χ0) is 12.3. The van der Waals surface area contributed by atoms with Crippen molar-refractivity contribution >= 4 is 9.84 Å². The molecule has 0 bridgehead atoms. The summed E-state index contributed by atoms with van der Waals surface area (Å²) in [5, 5.41) is 8.78. The normalized spacial score (nSPS) is 13.9. The van der Waals surface area contributed by atoms with Gasteiger partial charge in [0.2, 0.25) is 0 Å². The maximum absolute atomic E-state index is 11.6. The van der Waals surface area contributed by atoms with Crippen molar-refractivity contribution in [2.45, 2.75) is 38.5 Å². The van der Waals surface area contributed by atoms with E-state index in [1.165, 1.54) is 0 Å². The summed E-state index contributed by atoms with van der Waals surface area (Å²) < 4.78 is 23.1. The molecule has 0 heterocycles.